The van der Waals surface area contributed by atoms with E-state index in [0.29, 0.717) is 19.8 Å². The van der Waals surface area contributed by atoms with Crippen LogP contribution in [-0.4, -0.2) is 51.4 Å². The van der Waals surface area contributed by atoms with Gasteiger partial charge in [-0.3, -0.25) is 0 Å². The van der Waals surface area contributed by atoms with Crippen LogP contribution in [0.3, 0.4) is 0 Å². The third kappa shape index (κ3) is 4.64. The van der Waals surface area contributed by atoms with Crippen LogP contribution in [0.4, 0.5) is 0 Å². The number of fused-ring (bicyclic) bond motifs is 1. The Kier molecular flexibility index (Phi) is 6.07. The number of rotatable bonds is 9. The van der Waals surface area contributed by atoms with Gasteiger partial charge in [-0.25, -0.2) is 0 Å². The van der Waals surface area contributed by atoms with Crippen molar-refractivity contribution < 1.29 is 24.1 Å². The highest BCUT2D eigenvalue weighted by Gasteiger charge is 2.13. The quantitative estimate of drug-likeness (QED) is 0.644. The molecular weight excluding hydrogens is 262 g/mol. The van der Waals surface area contributed by atoms with E-state index in [4.69, 9.17) is 18.9 Å². The summed E-state index contributed by atoms with van der Waals surface area (Å²) >= 11 is 0. The first-order valence-corrected chi connectivity index (χ1v) is 6.63. The van der Waals surface area contributed by atoms with Crippen LogP contribution in [0.5, 0.6) is 11.5 Å². The van der Waals surface area contributed by atoms with E-state index in [-0.39, 0.29) is 13.4 Å². The van der Waals surface area contributed by atoms with Gasteiger partial charge in [0.1, 0.15) is 0 Å². The predicted octanol–water partition coefficient (Wildman–Crippen LogP) is 0.529. The van der Waals surface area contributed by atoms with Crippen LogP contribution in [-0.2, 0) is 16.1 Å². The van der Waals surface area contributed by atoms with Gasteiger partial charge in [-0.05, 0) is 17.7 Å². The molecule has 112 valence electrons. The van der Waals surface area contributed by atoms with E-state index in [2.05, 4.69) is 5.32 Å². The summed E-state index contributed by atoms with van der Waals surface area (Å²) in [4.78, 5) is 0. The van der Waals surface area contributed by atoms with Gasteiger partial charge in [-0.1, -0.05) is 6.07 Å². The van der Waals surface area contributed by atoms with Gasteiger partial charge in [0.15, 0.2) is 11.5 Å². The van der Waals surface area contributed by atoms with Crippen molar-refractivity contribution in [3.05, 3.63) is 23.8 Å². The van der Waals surface area contributed by atoms with Crippen molar-refractivity contribution in [1.29, 1.82) is 0 Å². The summed E-state index contributed by atoms with van der Waals surface area (Å²) < 4.78 is 20.9. The van der Waals surface area contributed by atoms with E-state index < -0.39 is 6.10 Å². The topological polar surface area (TPSA) is 69.2 Å². The Bertz CT molecular complexity index is 413. The zero-order chi connectivity index (χ0) is 14.2. The highest BCUT2D eigenvalue weighted by atomic mass is 16.7. The molecule has 1 atom stereocenters. The van der Waals surface area contributed by atoms with Crippen molar-refractivity contribution in [2.45, 2.75) is 12.7 Å². The molecule has 1 aliphatic rings. The number of aliphatic hydroxyl groups excluding tert-OH is 1. The van der Waals surface area contributed by atoms with E-state index in [9.17, 15) is 5.11 Å². The van der Waals surface area contributed by atoms with Gasteiger partial charge in [0, 0.05) is 20.2 Å². The van der Waals surface area contributed by atoms with Crippen LogP contribution in [0.25, 0.3) is 0 Å². The van der Waals surface area contributed by atoms with E-state index in [1.54, 1.807) is 7.11 Å². The highest BCUT2D eigenvalue weighted by Crippen LogP contribution is 2.32. The van der Waals surface area contributed by atoms with Gasteiger partial charge in [0.25, 0.3) is 0 Å². The number of hydrogen-bond donors (Lipinski definition) is 2. The number of aliphatic hydroxyl groups is 1. The minimum Gasteiger partial charge on any atom is -0.454 e. The summed E-state index contributed by atoms with van der Waals surface area (Å²) in [5, 5.41) is 12.8. The fraction of sp³-hybridized carbons (Fsp3) is 0.571. The average molecular weight is 283 g/mol. The second kappa shape index (κ2) is 8.06. The fourth-order valence-corrected chi connectivity index (χ4v) is 1.85. The van der Waals surface area contributed by atoms with Crippen LogP contribution in [0.1, 0.15) is 5.56 Å². The molecule has 6 heteroatoms. The van der Waals surface area contributed by atoms with Gasteiger partial charge in [0.05, 0.1) is 25.9 Å². The lowest BCUT2D eigenvalue weighted by atomic mass is 10.2. The largest absolute Gasteiger partial charge is 0.454 e. The summed E-state index contributed by atoms with van der Waals surface area (Å²) in [5.74, 6) is 1.50. The predicted molar refractivity (Wildman–Crippen MR) is 73.0 cm³/mol. The van der Waals surface area contributed by atoms with E-state index in [1.807, 2.05) is 18.2 Å². The monoisotopic (exact) mass is 283 g/mol. The number of nitrogens with one attached hydrogen (secondary N) is 1. The Labute approximate surface area is 118 Å². The van der Waals surface area contributed by atoms with Gasteiger partial charge < -0.3 is 29.4 Å². The lowest BCUT2D eigenvalue weighted by Gasteiger charge is -2.12. The zero-order valence-electron chi connectivity index (χ0n) is 11.6. The molecule has 1 aliphatic heterocycles. The summed E-state index contributed by atoms with van der Waals surface area (Å²) in [6, 6.07) is 5.69. The standard InChI is InChI=1S/C14H21NO5/c1-17-5-4-15-7-12(16)9-18-8-11-2-3-13-14(6-11)20-10-19-13/h2-3,6,12,15-16H,4-5,7-10H2,1H3. The Morgan fingerprint density at radius 3 is 3.05 bits per heavy atom. The maximum Gasteiger partial charge on any atom is 0.231 e. The van der Waals surface area contributed by atoms with Crippen molar-refractivity contribution in [2.24, 2.45) is 0 Å². The number of methoxy groups -OCH3 is 1. The summed E-state index contributed by atoms with van der Waals surface area (Å²) in [5.41, 5.74) is 0.994. The molecular formula is C14H21NO5. The van der Waals surface area contributed by atoms with Gasteiger partial charge in [-0.15, -0.1) is 0 Å². The van der Waals surface area contributed by atoms with Crippen molar-refractivity contribution >= 4 is 0 Å². The lowest BCUT2D eigenvalue weighted by Crippen LogP contribution is -2.32. The first kappa shape index (κ1) is 15.1. The third-order valence-electron chi connectivity index (χ3n) is 2.88. The normalized spacial score (nSPS) is 14.5. The lowest BCUT2D eigenvalue weighted by molar-refractivity contribution is 0.0282. The first-order chi connectivity index (χ1) is 9.79. The summed E-state index contributed by atoms with van der Waals surface area (Å²) in [7, 11) is 1.65. The smallest absolute Gasteiger partial charge is 0.231 e. The molecule has 0 saturated carbocycles. The molecule has 0 radical (unpaired) electrons. The molecule has 20 heavy (non-hydrogen) atoms. The Morgan fingerprint density at radius 2 is 2.20 bits per heavy atom. The molecule has 0 bridgehead atoms. The van der Waals surface area contributed by atoms with E-state index >= 15 is 0 Å². The van der Waals surface area contributed by atoms with Crippen LogP contribution in [0.15, 0.2) is 18.2 Å². The Balaban J connectivity index is 1.63. The molecule has 0 saturated heterocycles. The molecule has 0 amide bonds. The number of benzene rings is 1. The molecule has 0 aromatic heterocycles. The highest BCUT2D eigenvalue weighted by molar-refractivity contribution is 5.44. The molecule has 0 aliphatic carbocycles. The molecule has 0 fully saturated rings. The van der Waals surface area contributed by atoms with E-state index in [1.165, 1.54) is 0 Å². The summed E-state index contributed by atoms with van der Waals surface area (Å²) in [6.07, 6.45) is -0.527. The minimum absolute atomic E-state index is 0.269. The van der Waals surface area contributed by atoms with Crippen molar-refractivity contribution in [3.63, 3.8) is 0 Å². The fourth-order valence-electron chi connectivity index (χ4n) is 1.85. The van der Waals surface area contributed by atoms with Gasteiger partial charge >= 0.3 is 0 Å². The third-order valence-corrected chi connectivity index (χ3v) is 2.88. The first-order valence-electron chi connectivity index (χ1n) is 6.63. The van der Waals surface area contributed by atoms with Crippen molar-refractivity contribution in [3.8, 4) is 11.5 Å². The van der Waals surface area contributed by atoms with Crippen molar-refractivity contribution in [2.75, 3.05) is 40.2 Å². The second-order valence-corrected chi connectivity index (χ2v) is 4.55. The minimum atomic E-state index is -0.527. The van der Waals surface area contributed by atoms with Crippen LogP contribution in [0.2, 0.25) is 0 Å². The molecule has 1 unspecified atom stereocenters. The van der Waals surface area contributed by atoms with Crippen LogP contribution >= 0.6 is 0 Å². The molecule has 1 aromatic rings. The second-order valence-electron chi connectivity index (χ2n) is 4.55. The van der Waals surface area contributed by atoms with Gasteiger partial charge in [-0.2, -0.15) is 0 Å². The Morgan fingerprint density at radius 1 is 1.35 bits per heavy atom. The number of ether oxygens (including phenoxy) is 4. The van der Waals surface area contributed by atoms with Gasteiger partial charge in [0.2, 0.25) is 6.79 Å². The Hall–Kier alpha value is -1.34. The molecule has 6 nitrogen and oxygen atoms in total. The summed E-state index contributed by atoms with van der Waals surface area (Å²) in [6.45, 7) is 2.83. The van der Waals surface area contributed by atoms with Crippen LogP contribution < -0.4 is 14.8 Å². The maximum absolute atomic E-state index is 9.71. The molecule has 0 spiro atoms. The van der Waals surface area contributed by atoms with E-state index in [0.717, 1.165) is 23.6 Å². The average Bonchev–Trinajstić information content (AvgIpc) is 2.91. The molecule has 1 aromatic carbocycles. The number of hydrogen-bond acceptors (Lipinski definition) is 6. The van der Waals surface area contributed by atoms with Crippen LogP contribution in [0, 0.1) is 0 Å². The maximum atomic E-state index is 9.71. The zero-order valence-corrected chi connectivity index (χ0v) is 11.6. The SMILES string of the molecule is COCCNCC(O)COCc1ccc2c(c1)OCO2. The molecule has 1 heterocycles. The molecule has 2 rings (SSSR count). The molecule has 2 N–H and O–H groups in total. The van der Waals surface area contributed by atoms with Crippen molar-refractivity contribution in [1.82, 2.24) is 5.32 Å².